The summed E-state index contributed by atoms with van der Waals surface area (Å²) in [6, 6.07) is 0.0312. The molecular formula is C10H17NO2. The molecule has 0 aliphatic heterocycles. The second-order valence-corrected chi connectivity index (χ2v) is 3.41. The molecule has 3 nitrogen and oxygen atoms in total. The highest BCUT2D eigenvalue weighted by Crippen LogP contribution is 2.17. The number of nitrogens with two attached hydrogens (primary N) is 1. The largest absolute Gasteiger partial charge is 0.465 e. The van der Waals surface area contributed by atoms with Crippen molar-refractivity contribution in [1.82, 2.24) is 0 Å². The number of unbranched alkanes of at least 4 members (excludes halogenated alkanes) is 1. The molecule has 0 amide bonds. The first-order valence-corrected chi connectivity index (χ1v) is 4.84. The molecule has 0 bridgehead atoms. The number of rotatable bonds is 4. The van der Waals surface area contributed by atoms with Gasteiger partial charge in [-0.2, -0.15) is 0 Å². The molecule has 0 unspecified atom stereocenters. The van der Waals surface area contributed by atoms with Gasteiger partial charge >= 0.3 is 5.97 Å². The quantitative estimate of drug-likeness (QED) is 0.405. The van der Waals surface area contributed by atoms with Crippen LogP contribution in [-0.4, -0.2) is 18.6 Å². The monoisotopic (exact) mass is 183 g/mol. The van der Waals surface area contributed by atoms with E-state index in [0.29, 0.717) is 13.0 Å². The molecule has 2 N–H and O–H groups in total. The summed E-state index contributed by atoms with van der Waals surface area (Å²) in [7, 11) is 0. The van der Waals surface area contributed by atoms with Gasteiger partial charge in [0.25, 0.3) is 0 Å². The fourth-order valence-corrected chi connectivity index (χ4v) is 1.33. The summed E-state index contributed by atoms with van der Waals surface area (Å²) in [6.45, 7) is 2.61. The molecular weight excluding hydrogens is 166 g/mol. The van der Waals surface area contributed by atoms with Crippen molar-refractivity contribution in [3.05, 3.63) is 12.2 Å². The van der Waals surface area contributed by atoms with Crippen molar-refractivity contribution in [3.63, 3.8) is 0 Å². The van der Waals surface area contributed by atoms with Gasteiger partial charge in [-0.25, -0.2) is 0 Å². The summed E-state index contributed by atoms with van der Waals surface area (Å²) in [6.07, 6.45) is 6.40. The van der Waals surface area contributed by atoms with Crippen LogP contribution in [0.4, 0.5) is 0 Å². The van der Waals surface area contributed by atoms with Crippen molar-refractivity contribution in [2.75, 3.05) is 6.61 Å². The Morgan fingerprint density at radius 3 is 2.92 bits per heavy atom. The van der Waals surface area contributed by atoms with Gasteiger partial charge in [0, 0.05) is 6.04 Å². The third-order valence-corrected chi connectivity index (χ3v) is 2.16. The first-order valence-electron chi connectivity index (χ1n) is 4.84. The van der Waals surface area contributed by atoms with E-state index in [1.165, 1.54) is 0 Å². The van der Waals surface area contributed by atoms with Gasteiger partial charge in [-0.3, -0.25) is 4.79 Å². The van der Waals surface area contributed by atoms with Gasteiger partial charge in [0.1, 0.15) is 0 Å². The van der Waals surface area contributed by atoms with E-state index in [2.05, 4.69) is 6.92 Å². The minimum atomic E-state index is -0.127. The molecule has 13 heavy (non-hydrogen) atoms. The molecule has 74 valence electrons. The van der Waals surface area contributed by atoms with Crippen LogP contribution >= 0.6 is 0 Å². The van der Waals surface area contributed by atoms with Gasteiger partial charge in [-0.05, 0) is 12.8 Å². The zero-order valence-corrected chi connectivity index (χ0v) is 8.03. The highest BCUT2D eigenvalue weighted by molar-refractivity contribution is 5.75. The number of hydrogen-bond acceptors (Lipinski definition) is 3. The fourth-order valence-electron chi connectivity index (χ4n) is 1.33. The maximum Gasteiger partial charge on any atom is 0.312 e. The van der Waals surface area contributed by atoms with Gasteiger partial charge in [0.15, 0.2) is 0 Å². The van der Waals surface area contributed by atoms with Crippen molar-refractivity contribution in [2.24, 2.45) is 11.7 Å². The number of esters is 1. The molecule has 0 aromatic heterocycles. The summed E-state index contributed by atoms with van der Waals surface area (Å²) < 4.78 is 5.07. The van der Waals surface area contributed by atoms with Crippen LogP contribution in [0.3, 0.4) is 0 Å². The van der Waals surface area contributed by atoms with Crippen molar-refractivity contribution in [2.45, 2.75) is 32.2 Å². The van der Waals surface area contributed by atoms with Crippen molar-refractivity contribution >= 4 is 5.97 Å². The molecule has 0 aromatic carbocycles. The maximum absolute atomic E-state index is 11.3. The van der Waals surface area contributed by atoms with Crippen LogP contribution in [0.1, 0.15) is 26.2 Å². The Bertz CT molecular complexity index is 201. The second-order valence-electron chi connectivity index (χ2n) is 3.41. The van der Waals surface area contributed by atoms with E-state index in [4.69, 9.17) is 10.5 Å². The predicted octanol–water partition coefficient (Wildman–Crippen LogP) is 1.23. The fraction of sp³-hybridized carbons (Fsp3) is 0.700. The van der Waals surface area contributed by atoms with Gasteiger partial charge in [0.2, 0.25) is 0 Å². The minimum absolute atomic E-state index is 0.0312. The van der Waals surface area contributed by atoms with Gasteiger partial charge < -0.3 is 10.5 Å². The minimum Gasteiger partial charge on any atom is -0.465 e. The lowest BCUT2D eigenvalue weighted by molar-refractivity contribution is -0.146. The number of carbonyl (C=O) groups excluding carboxylic acids is 1. The van der Waals surface area contributed by atoms with Crippen LogP contribution in [0.5, 0.6) is 0 Å². The van der Waals surface area contributed by atoms with Crippen molar-refractivity contribution < 1.29 is 9.53 Å². The SMILES string of the molecule is CCCCOC(=O)[C@H]1C=C[C@@H](N)C1. The molecule has 3 heteroatoms. The van der Waals surface area contributed by atoms with Crippen LogP contribution in [-0.2, 0) is 9.53 Å². The molecule has 0 heterocycles. The standard InChI is InChI=1S/C10H17NO2/c1-2-3-6-13-10(12)8-4-5-9(11)7-8/h4-5,8-9H,2-3,6-7,11H2,1H3/t8-,9+/m0/s1. The first kappa shape index (κ1) is 10.3. The van der Waals surface area contributed by atoms with Crippen molar-refractivity contribution in [1.29, 1.82) is 0 Å². The normalized spacial score (nSPS) is 26.3. The Kier molecular flexibility index (Phi) is 3.96. The molecule has 0 radical (unpaired) electrons. The third-order valence-electron chi connectivity index (χ3n) is 2.16. The zero-order valence-electron chi connectivity index (χ0n) is 8.03. The lowest BCUT2D eigenvalue weighted by Gasteiger charge is -2.08. The number of ether oxygens (including phenoxy) is 1. The van der Waals surface area contributed by atoms with E-state index in [1.807, 2.05) is 12.2 Å². The van der Waals surface area contributed by atoms with Gasteiger partial charge in [0.05, 0.1) is 12.5 Å². The predicted molar refractivity (Wildman–Crippen MR) is 51.1 cm³/mol. The molecule has 0 spiro atoms. The van der Waals surface area contributed by atoms with Crippen LogP contribution in [0.15, 0.2) is 12.2 Å². The Labute approximate surface area is 78.9 Å². The topological polar surface area (TPSA) is 52.3 Å². The lowest BCUT2D eigenvalue weighted by Crippen LogP contribution is -2.20. The molecule has 0 fully saturated rings. The van der Waals surface area contributed by atoms with E-state index < -0.39 is 0 Å². The second kappa shape index (κ2) is 5.02. The molecule has 2 atom stereocenters. The zero-order chi connectivity index (χ0) is 9.68. The average Bonchev–Trinajstić information content (AvgIpc) is 2.52. The Balaban J connectivity index is 2.21. The molecule has 1 aliphatic rings. The first-order chi connectivity index (χ1) is 6.24. The summed E-state index contributed by atoms with van der Waals surface area (Å²) in [5, 5.41) is 0. The number of hydrogen-bond donors (Lipinski definition) is 1. The number of carbonyl (C=O) groups is 1. The van der Waals surface area contributed by atoms with Gasteiger partial charge in [-0.15, -0.1) is 0 Å². The summed E-state index contributed by atoms with van der Waals surface area (Å²) in [5.74, 6) is -0.232. The average molecular weight is 183 g/mol. The summed E-state index contributed by atoms with van der Waals surface area (Å²) in [5.41, 5.74) is 5.62. The van der Waals surface area contributed by atoms with E-state index in [-0.39, 0.29) is 17.9 Å². The summed E-state index contributed by atoms with van der Waals surface area (Å²) in [4.78, 5) is 11.3. The molecule has 1 aliphatic carbocycles. The Morgan fingerprint density at radius 2 is 2.38 bits per heavy atom. The van der Waals surface area contributed by atoms with E-state index in [9.17, 15) is 4.79 Å². The van der Waals surface area contributed by atoms with Gasteiger partial charge in [-0.1, -0.05) is 25.5 Å². The van der Waals surface area contributed by atoms with E-state index in [1.54, 1.807) is 0 Å². The van der Waals surface area contributed by atoms with Crippen LogP contribution < -0.4 is 5.73 Å². The van der Waals surface area contributed by atoms with Crippen LogP contribution in [0.25, 0.3) is 0 Å². The highest BCUT2D eigenvalue weighted by Gasteiger charge is 2.23. The third kappa shape index (κ3) is 3.19. The Morgan fingerprint density at radius 1 is 1.62 bits per heavy atom. The smallest absolute Gasteiger partial charge is 0.312 e. The molecule has 0 saturated heterocycles. The molecule has 0 saturated carbocycles. The maximum atomic E-state index is 11.3. The van der Waals surface area contributed by atoms with E-state index >= 15 is 0 Å². The van der Waals surface area contributed by atoms with E-state index in [0.717, 1.165) is 12.8 Å². The van der Waals surface area contributed by atoms with Crippen LogP contribution in [0, 0.1) is 5.92 Å². The molecule has 1 rings (SSSR count). The Hall–Kier alpha value is -0.830. The highest BCUT2D eigenvalue weighted by atomic mass is 16.5. The van der Waals surface area contributed by atoms with Crippen LogP contribution in [0.2, 0.25) is 0 Å². The molecule has 0 aromatic rings. The lowest BCUT2D eigenvalue weighted by atomic mass is 10.1. The summed E-state index contributed by atoms with van der Waals surface area (Å²) >= 11 is 0. The van der Waals surface area contributed by atoms with Crippen molar-refractivity contribution in [3.8, 4) is 0 Å².